The van der Waals surface area contributed by atoms with Gasteiger partial charge in [0.1, 0.15) is 6.33 Å². The maximum atomic E-state index is 12.8. The van der Waals surface area contributed by atoms with Crippen LogP contribution in [-0.2, 0) is 4.74 Å². The highest BCUT2D eigenvalue weighted by atomic mass is 16.5. The predicted molar refractivity (Wildman–Crippen MR) is 99.1 cm³/mol. The quantitative estimate of drug-likeness (QED) is 0.883. The van der Waals surface area contributed by atoms with E-state index in [9.17, 15) is 4.79 Å². The van der Waals surface area contributed by atoms with Crippen molar-refractivity contribution in [3.63, 3.8) is 0 Å². The van der Waals surface area contributed by atoms with Gasteiger partial charge in [-0.2, -0.15) is 0 Å². The van der Waals surface area contributed by atoms with E-state index in [4.69, 9.17) is 4.74 Å². The Labute approximate surface area is 158 Å². The number of carbonyl (C=O) groups is 1. The summed E-state index contributed by atoms with van der Waals surface area (Å²) in [6.07, 6.45) is 9.54. The highest BCUT2D eigenvalue weighted by Crippen LogP contribution is 2.40. The van der Waals surface area contributed by atoms with Crippen LogP contribution in [0.3, 0.4) is 0 Å². The third-order valence-corrected chi connectivity index (χ3v) is 5.57. The molecular weight excluding hydrogens is 344 g/mol. The van der Waals surface area contributed by atoms with Crippen molar-refractivity contribution in [3.8, 4) is 0 Å². The monoisotopic (exact) mass is 368 g/mol. The molecule has 0 aromatic carbocycles. The summed E-state index contributed by atoms with van der Waals surface area (Å²) in [5.41, 5.74) is 1.62. The number of hydrogen-bond donors (Lipinski definition) is 1. The first-order chi connectivity index (χ1) is 13.2. The normalized spacial score (nSPS) is 19.8. The number of likely N-dealkylation sites (tertiary alicyclic amines) is 1. The first-order valence-corrected chi connectivity index (χ1v) is 9.37. The number of nitrogens with one attached hydrogen (secondary N) is 1. The molecule has 4 rings (SSSR count). The van der Waals surface area contributed by atoms with Gasteiger partial charge in [-0.05, 0) is 37.7 Å². The Balaban J connectivity index is 1.38. The van der Waals surface area contributed by atoms with Gasteiger partial charge in [0.2, 0.25) is 5.95 Å². The standard InChI is InChI=1S/C19H24N6O2/c1-14(16-2-6-20-13-23-16)24-18-21-10-15(11-22-18)17(26)25-7-3-19(12-25)4-8-27-9-5-19/h2,6,10-11,13-14H,3-5,7-9,12H2,1H3,(H,21,22,24). The molecule has 2 aromatic heterocycles. The Morgan fingerprint density at radius 2 is 2.00 bits per heavy atom. The smallest absolute Gasteiger partial charge is 0.257 e. The zero-order valence-electron chi connectivity index (χ0n) is 15.5. The van der Waals surface area contributed by atoms with Crippen molar-refractivity contribution in [3.05, 3.63) is 42.2 Å². The van der Waals surface area contributed by atoms with Crippen LogP contribution in [0.25, 0.3) is 0 Å². The lowest BCUT2D eigenvalue weighted by molar-refractivity contribution is 0.0191. The number of nitrogens with zero attached hydrogens (tertiary/aromatic N) is 5. The molecule has 2 saturated heterocycles. The van der Waals surface area contributed by atoms with E-state index < -0.39 is 0 Å². The van der Waals surface area contributed by atoms with Gasteiger partial charge in [-0.15, -0.1) is 0 Å². The Bertz CT molecular complexity index is 777. The molecule has 0 bridgehead atoms. The molecule has 2 aliphatic heterocycles. The Hall–Kier alpha value is -2.61. The molecule has 1 spiro atoms. The van der Waals surface area contributed by atoms with Crippen LogP contribution < -0.4 is 5.32 Å². The van der Waals surface area contributed by atoms with E-state index in [0.29, 0.717) is 11.5 Å². The molecule has 4 heterocycles. The van der Waals surface area contributed by atoms with Crippen LogP contribution in [0, 0.1) is 5.41 Å². The topological polar surface area (TPSA) is 93.1 Å². The summed E-state index contributed by atoms with van der Waals surface area (Å²) in [6.45, 7) is 5.18. The lowest BCUT2D eigenvalue weighted by atomic mass is 9.80. The largest absolute Gasteiger partial charge is 0.381 e. The predicted octanol–water partition coefficient (Wildman–Crippen LogP) is 2.08. The number of hydrogen-bond acceptors (Lipinski definition) is 7. The minimum Gasteiger partial charge on any atom is -0.381 e. The summed E-state index contributed by atoms with van der Waals surface area (Å²) in [5, 5.41) is 3.19. The molecule has 0 radical (unpaired) electrons. The highest BCUT2D eigenvalue weighted by molar-refractivity contribution is 5.94. The first kappa shape index (κ1) is 17.8. The third-order valence-electron chi connectivity index (χ3n) is 5.57. The summed E-state index contributed by atoms with van der Waals surface area (Å²) in [5.74, 6) is 0.480. The fraction of sp³-hybridized carbons (Fsp3) is 0.526. The molecule has 0 saturated carbocycles. The molecule has 1 amide bonds. The molecule has 8 nitrogen and oxygen atoms in total. The van der Waals surface area contributed by atoms with Gasteiger partial charge in [0.05, 0.1) is 17.3 Å². The zero-order valence-corrected chi connectivity index (χ0v) is 15.5. The molecule has 1 unspecified atom stereocenters. The second kappa shape index (κ2) is 7.56. The zero-order chi connectivity index (χ0) is 18.7. The fourth-order valence-corrected chi connectivity index (χ4v) is 3.84. The second-order valence-electron chi connectivity index (χ2n) is 7.38. The van der Waals surface area contributed by atoms with Crippen molar-refractivity contribution >= 4 is 11.9 Å². The lowest BCUT2D eigenvalue weighted by Crippen LogP contribution is -2.35. The van der Waals surface area contributed by atoms with Crippen LogP contribution in [0.4, 0.5) is 5.95 Å². The van der Waals surface area contributed by atoms with E-state index in [1.54, 1.807) is 18.6 Å². The van der Waals surface area contributed by atoms with Crippen LogP contribution >= 0.6 is 0 Å². The van der Waals surface area contributed by atoms with Gasteiger partial charge < -0.3 is 15.0 Å². The molecule has 0 aliphatic carbocycles. The van der Waals surface area contributed by atoms with Gasteiger partial charge in [0, 0.05) is 44.9 Å². The summed E-state index contributed by atoms with van der Waals surface area (Å²) in [7, 11) is 0. The summed E-state index contributed by atoms with van der Waals surface area (Å²) in [6, 6.07) is 1.79. The Morgan fingerprint density at radius 1 is 1.22 bits per heavy atom. The summed E-state index contributed by atoms with van der Waals surface area (Å²) >= 11 is 0. The minimum absolute atomic E-state index is 0.00812. The number of aromatic nitrogens is 4. The molecule has 142 valence electrons. The molecule has 27 heavy (non-hydrogen) atoms. The van der Waals surface area contributed by atoms with Crippen LogP contribution in [0.15, 0.2) is 31.0 Å². The molecule has 2 aromatic rings. The van der Waals surface area contributed by atoms with Crippen molar-refractivity contribution in [2.24, 2.45) is 5.41 Å². The van der Waals surface area contributed by atoms with E-state index in [1.165, 1.54) is 6.33 Å². The third kappa shape index (κ3) is 3.90. The Morgan fingerprint density at radius 3 is 2.70 bits per heavy atom. The number of anilines is 1. The van der Waals surface area contributed by atoms with Crippen LogP contribution in [-0.4, -0.2) is 57.0 Å². The molecular formula is C19H24N6O2. The highest BCUT2D eigenvalue weighted by Gasteiger charge is 2.41. The van der Waals surface area contributed by atoms with E-state index in [2.05, 4.69) is 25.3 Å². The maximum absolute atomic E-state index is 12.8. The number of rotatable bonds is 4. The first-order valence-electron chi connectivity index (χ1n) is 9.37. The van der Waals surface area contributed by atoms with Gasteiger partial charge in [0.15, 0.2) is 0 Å². The summed E-state index contributed by atoms with van der Waals surface area (Å²) in [4.78, 5) is 31.5. The van der Waals surface area contributed by atoms with Crippen molar-refractivity contribution in [2.75, 3.05) is 31.6 Å². The van der Waals surface area contributed by atoms with Crippen molar-refractivity contribution in [1.82, 2.24) is 24.8 Å². The lowest BCUT2D eigenvalue weighted by Gasteiger charge is -2.33. The Kier molecular flexibility index (Phi) is 4.98. The van der Waals surface area contributed by atoms with Gasteiger partial charge in [-0.25, -0.2) is 19.9 Å². The molecule has 2 aliphatic rings. The average molecular weight is 368 g/mol. The molecule has 1 atom stereocenters. The van der Waals surface area contributed by atoms with Gasteiger partial charge in [-0.1, -0.05) is 0 Å². The van der Waals surface area contributed by atoms with Gasteiger partial charge >= 0.3 is 0 Å². The number of amides is 1. The summed E-state index contributed by atoms with van der Waals surface area (Å²) < 4.78 is 5.47. The number of ether oxygens (including phenoxy) is 1. The van der Waals surface area contributed by atoms with E-state index in [0.717, 1.165) is 51.3 Å². The van der Waals surface area contributed by atoms with Crippen molar-refractivity contribution < 1.29 is 9.53 Å². The van der Waals surface area contributed by atoms with E-state index >= 15 is 0 Å². The SMILES string of the molecule is CC(Nc1ncc(C(=O)N2CCC3(CCOCC3)C2)cn1)c1ccncn1. The van der Waals surface area contributed by atoms with Gasteiger partial charge in [0.25, 0.3) is 5.91 Å². The molecule has 2 fully saturated rings. The maximum Gasteiger partial charge on any atom is 0.257 e. The van der Waals surface area contributed by atoms with E-state index in [1.807, 2.05) is 17.9 Å². The minimum atomic E-state index is -0.0542. The van der Waals surface area contributed by atoms with Crippen molar-refractivity contribution in [2.45, 2.75) is 32.2 Å². The molecule has 8 heteroatoms. The van der Waals surface area contributed by atoms with Crippen LogP contribution in [0.1, 0.15) is 48.3 Å². The number of carbonyl (C=O) groups excluding carboxylic acids is 1. The van der Waals surface area contributed by atoms with Crippen LogP contribution in [0.2, 0.25) is 0 Å². The van der Waals surface area contributed by atoms with E-state index in [-0.39, 0.29) is 17.4 Å². The fourth-order valence-electron chi connectivity index (χ4n) is 3.84. The second-order valence-corrected chi connectivity index (χ2v) is 7.38. The van der Waals surface area contributed by atoms with Crippen LogP contribution in [0.5, 0.6) is 0 Å². The average Bonchev–Trinajstić information content (AvgIpc) is 3.12. The molecule has 1 N–H and O–H groups in total. The van der Waals surface area contributed by atoms with Gasteiger partial charge in [-0.3, -0.25) is 4.79 Å². The van der Waals surface area contributed by atoms with Crippen molar-refractivity contribution in [1.29, 1.82) is 0 Å².